The van der Waals surface area contributed by atoms with Crippen LogP contribution in [0.1, 0.15) is 28.0 Å². The van der Waals surface area contributed by atoms with Crippen LogP contribution in [-0.4, -0.2) is 34.5 Å². The predicted molar refractivity (Wildman–Crippen MR) is 147 cm³/mol. The summed E-state index contributed by atoms with van der Waals surface area (Å²) in [5.74, 6) is -0.993. The van der Waals surface area contributed by atoms with E-state index in [9.17, 15) is 18.8 Å². The van der Waals surface area contributed by atoms with Gasteiger partial charge in [-0.3, -0.25) is 19.0 Å². The number of hydrogen-bond donors (Lipinski definition) is 1. The van der Waals surface area contributed by atoms with Crippen LogP contribution in [0.5, 0.6) is 5.75 Å². The van der Waals surface area contributed by atoms with Gasteiger partial charge >= 0.3 is 0 Å². The van der Waals surface area contributed by atoms with E-state index in [4.69, 9.17) is 4.74 Å². The number of halogens is 1. The molecule has 0 unspecified atom stereocenters. The average molecular weight is 540 g/mol. The Morgan fingerprint density at radius 2 is 1.68 bits per heavy atom. The third-order valence-electron chi connectivity index (χ3n) is 7.03. The van der Waals surface area contributed by atoms with Crippen molar-refractivity contribution in [1.82, 2.24) is 14.9 Å². The second kappa shape index (κ2) is 10.6. The van der Waals surface area contributed by atoms with E-state index in [-0.39, 0.29) is 30.5 Å². The van der Waals surface area contributed by atoms with Crippen LogP contribution in [0.3, 0.4) is 0 Å². The van der Waals surface area contributed by atoms with Crippen LogP contribution in [0, 0.1) is 5.82 Å². The third kappa shape index (κ3) is 4.79. The molecule has 4 aromatic rings. The summed E-state index contributed by atoms with van der Waals surface area (Å²) in [7, 11) is 0. The molecule has 6 rings (SSSR count). The molecule has 2 amide bonds. The fourth-order valence-corrected chi connectivity index (χ4v) is 4.87. The van der Waals surface area contributed by atoms with Crippen molar-refractivity contribution in [3.05, 3.63) is 112 Å². The minimum absolute atomic E-state index is 0.00114. The van der Waals surface area contributed by atoms with E-state index in [1.54, 1.807) is 0 Å². The van der Waals surface area contributed by atoms with E-state index in [1.165, 1.54) is 27.7 Å². The SMILES string of the molecule is O=C(NCc1ccc(F)cc1N1CCC1=O)c1nc2n(c(=O)c1OCc1ccccc1)CCN2c1ccccc1. The zero-order valence-corrected chi connectivity index (χ0v) is 21.5. The summed E-state index contributed by atoms with van der Waals surface area (Å²) in [5, 5.41) is 2.80. The number of benzene rings is 3. The number of β-lactam (4-membered cyclic amide) rings is 1. The summed E-state index contributed by atoms with van der Waals surface area (Å²) >= 11 is 0. The Morgan fingerprint density at radius 3 is 2.38 bits per heavy atom. The second-order valence-electron chi connectivity index (χ2n) is 9.56. The number of rotatable bonds is 8. The maximum atomic E-state index is 14.0. The molecule has 0 spiro atoms. The van der Waals surface area contributed by atoms with E-state index >= 15 is 0 Å². The maximum Gasteiger partial charge on any atom is 0.298 e. The number of para-hydroxylation sites is 1. The third-order valence-corrected chi connectivity index (χ3v) is 7.03. The molecular weight excluding hydrogens is 513 g/mol. The molecule has 0 aliphatic carbocycles. The lowest BCUT2D eigenvalue weighted by Crippen LogP contribution is -2.44. The van der Waals surface area contributed by atoms with Crippen molar-refractivity contribution < 1.29 is 18.7 Å². The van der Waals surface area contributed by atoms with Gasteiger partial charge in [-0.1, -0.05) is 54.6 Å². The molecule has 1 fully saturated rings. The number of fused-ring (bicyclic) bond motifs is 1. The Hall–Kier alpha value is -4.99. The first kappa shape index (κ1) is 25.3. The number of amides is 2. The van der Waals surface area contributed by atoms with Crippen LogP contribution in [0.25, 0.3) is 0 Å². The van der Waals surface area contributed by atoms with Gasteiger partial charge in [-0.15, -0.1) is 0 Å². The maximum absolute atomic E-state index is 14.0. The summed E-state index contributed by atoms with van der Waals surface area (Å²) in [6.07, 6.45) is 0.394. The van der Waals surface area contributed by atoms with Crippen LogP contribution in [-0.2, 0) is 24.5 Å². The molecule has 0 atom stereocenters. The first-order valence-corrected chi connectivity index (χ1v) is 13.0. The Bertz CT molecular complexity index is 1640. The summed E-state index contributed by atoms with van der Waals surface area (Å²) in [5.41, 5.74) is 2.07. The molecule has 202 valence electrons. The lowest BCUT2D eigenvalue weighted by molar-refractivity contribution is -0.122. The highest BCUT2D eigenvalue weighted by Crippen LogP contribution is 2.30. The fraction of sp³-hybridized carbons (Fsp3) is 0.200. The number of nitrogens with one attached hydrogen (secondary N) is 1. The van der Waals surface area contributed by atoms with E-state index in [0.29, 0.717) is 43.3 Å². The number of carbonyl (C=O) groups is 2. The topological polar surface area (TPSA) is 96.8 Å². The first-order valence-electron chi connectivity index (χ1n) is 13.0. The van der Waals surface area contributed by atoms with Crippen LogP contribution in [0.2, 0.25) is 0 Å². The molecule has 0 radical (unpaired) electrons. The van der Waals surface area contributed by atoms with E-state index in [1.807, 2.05) is 65.6 Å². The molecule has 3 aromatic carbocycles. The Kier molecular flexibility index (Phi) is 6.73. The van der Waals surface area contributed by atoms with Crippen molar-refractivity contribution in [1.29, 1.82) is 0 Å². The molecule has 40 heavy (non-hydrogen) atoms. The number of anilines is 3. The first-order chi connectivity index (χ1) is 19.5. The zero-order valence-electron chi connectivity index (χ0n) is 21.5. The van der Waals surface area contributed by atoms with E-state index in [0.717, 1.165) is 11.3 Å². The van der Waals surface area contributed by atoms with Crippen molar-refractivity contribution in [2.24, 2.45) is 0 Å². The van der Waals surface area contributed by atoms with Gasteiger partial charge in [0, 0.05) is 38.3 Å². The molecule has 2 aliphatic rings. The Morgan fingerprint density at radius 1 is 0.925 bits per heavy atom. The van der Waals surface area contributed by atoms with Crippen LogP contribution in [0.4, 0.5) is 21.7 Å². The summed E-state index contributed by atoms with van der Waals surface area (Å²) in [4.78, 5) is 47.2. The molecule has 0 saturated carbocycles. The lowest BCUT2D eigenvalue weighted by Gasteiger charge is -2.32. The van der Waals surface area contributed by atoms with Crippen LogP contribution < -0.4 is 25.4 Å². The largest absolute Gasteiger partial charge is 0.481 e. The number of aromatic nitrogens is 2. The van der Waals surface area contributed by atoms with Crippen molar-refractivity contribution in [2.45, 2.75) is 26.1 Å². The quantitative estimate of drug-likeness (QED) is 0.343. The van der Waals surface area contributed by atoms with Gasteiger partial charge in [0.05, 0.1) is 5.69 Å². The predicted octanol–water partition coefficient (Wildman–Crippen LogP) is 3.78. The summed E-state index contributed by atoms with van der Waals surface area (Å²) < 4.78 is 21.4. The minimum atomic E-state index is -0.617. The number of nitrogens with zero attached hydrogens (tertiary/aromatic N) is 4. The van der Waals surface area contributed by atoms with Gasteiger partial charge in [-0.05, 0) is 35.4 Å². The number of carbonyl (C=O) groups excluding carboxylic acids is 2. The smallest absolute Gasteiger partial charge is 0.298 e. The highest BCUT2D eigenvalue weighted by molar-refractivity contribution is 6.00. The zero-order chi connectivity index (χ0) is 27.6. The van der Waals surface area contributed by atoms with E-state index < -0.39 is 17.3 Å². The van der Waals surface area contributed by atoms with E-state index in [2.05, 4.69) is 10.3 Å². The van der Waals surface area contributed by atoms with Gasteiger partial charge in [0.15, 0.2) is 5.69 Å². The summed E-state index contributed by atoms with van der Waals surface area (Å²) in [6.45, 7) is 1.47. The van der Waals surface area contributed by atoms with Crippen molar-refractivity contribution in [2.75, 3.05) is 22.9 Å². The van der Waals surface area contributed by atoms with Gasteiger partial charge in [0.25, 0.3) is 11.5 Å². The molecule has 1 saturated heterocycles. The average Bonchev–Trinajstić information content (AvgIpc) is 3.40. The second-order valence-corrected chi connectivity index (χ2v) is 9.56. The standard InChI is InChI=1S/C30H26FN5O4/c31-22-12-11-21(24(17-22)35-14-13-25(35)37)18-32-28(38)26-27(40-19-20-7-3-1-4-8-20)29(39)36-16-15-34(30(36)33-26)23-9-5-2-6-10-23/h1-12,17H,13-16,18-19H2,(H,32,38). The normalized spacial score (nSPS) is 14.1. The van der Waals surface area contributed by atoms with Crippen LogP contribution >= 0.6 is 0 Å². The van der Waals surface area contributed by atoms with Crippen LogP contribution in [0.15, 0.2) is 83.7 Å². The molecular formula is C30H26FN5O4. The highest BCUT2D eigenvalue weighted by atomic mass is 19.1. The molecule has 1 N–H and O–H groups in total. The van der Waals surface area contributed by atoms with Gasteiger partial charge in [-0.25, -0.2) is 9.37 Å². The van der Waals surface area contributed by atoms with Crippen molar-refractivity contribution >= 4 is 29.1 Å². The molecule has 2 aliphatic heterocycles. The van der Waals surface area contributed by atoms with Crippen molar-refractivity contribution in [3.8, 4) is 5.75 Å². The van der Waals surface area contributed by atoms with Gasteiger partial charge in [0.2, 0.25) is 17.6 Å². The Labute approximate surface area is 229 Å². The van der Waals surface area contributed by atoms with Gasteiger partial charge < -0.3 is 19.9 Å². The lowest BCUT2D eigenvalue weighted by atomic mass is 10.1. The molecule has 9 nitrogen and oxygen atoms in total. The van der Waals surface area contributed by atoms with Gasteiger partial charge in [0.1, 0.15) is 12.4 Å². The number of ether oxygens (including phenoxy) is 1. The number of hydrogen-bond acceptors (Lipinski definition) is 6. The highest BCUT2D eigenvalue weighted by Gasteiger charge is 2.31. The Balaban J connectivity index is 1.33. The molecule has 3 heterocycles. The summed E-state index contributed by atoms with van der Waals surface area (Å²) in [6, 6.07) is 22.9. The monoisotopic (exact) mass is 539 g/mol. The molecule has 0 bridgehead atoms. The minimum Gasteiger partial charge on any atom is -0.481 e. The molecule has 10 heteroatoms. The van der Waals surface area contributed by atoms with Crippen molar-refractivity contribution in [3.63, 3.8) is 0 Å². The fourth-order valence-electron chi connectivity index (χ4n) is 4.87. The molecule has 1 aromatic heterocycles. The van der Waals surface area contributed by atoms with Gasteiger partial charge in [-0.2, -0.15) is 0 Å².